The Morgan fingerprint density at radius 2 is 1.65 bits per heavy atom. The maximum absolute atomic E-state index is 13.4. The molecule has 0 unspecified atom stereocenters. The molecule has 0 radical (unpaired) electrons. The van der Waals surface area contributed by atoms with E-state index in [9.17, 15) is 13.2 Å². The normalized spacial score (nSPS) is 13.8. The molecule has 2 heterocycles. The van der Waals surface area contributed by atoms with E-state index in [0.717, 1.165) is 18.4 Å². The molecule has 1 fully saturated rings. The van der Waals surface area contributed by atoms with Crippen molar-refractivity contribution in [2.45, 2.75) is 24.3 Å². The second-order valence-electron chi connectivity index (χ2n) is 8.64. The van der Waals surface area contributed by atoms with Crippen molar-refractivity contribution >= 4 is 21.6 Å². The number of aromatic nitrogens is 1. The molecule has 4 rings (SSSR count). The first-order valence-corrected chi connectivity index (χ1v) is 13.4. The van der Waals surface area contributed by atoms with E-state index in [4.69, 9.17) is 14.2 Å². The van der Waals surface area contributed by atoms with Gasteiger partial charge >= 0.3 is 0 Å². The standard InChI is InChI=1S/C27H31N3O6S/c1-34-24-15-20(16-25(35-2)27(24)36-3)18-29(26-11-4-5-12-28-26)19-23(31)21-9-8-10-22(17-21)37(32,33)30-13-6-7-14-30/h4-5,8-12,15-17H,6-7,13-14,18-19H2,1-3H3. The van der Waals surface area contributed by atoms with Gasteiger partial charge in [-0.1, -0.05) is 18.2 Å². The van der Waals surface area contributed by atoms with Crippen molar-refractivity contribution in [1.82, 2.24) is 9.29 Å². The molecule has 10 heteroatoms. The Hall–Kier alpha value is -3.63. The van der Waals surface area contributed by atoms with E-state index in [1.165, 1.54) is 23.5 Å². The van der Waals surface area contributed by atoms with Crippen LogP contribution in [0.3, 0.4) is 0 Å². The number of carbonyl (C=O) groups excluding carboxylic acids is 1. The van der Waals surface area contributed by atoms with Crippen LogP contribution in [0.15, 0.2) is 65.7 Å². The van der Waals surface area contributed by atoms with E-state index < -0.39 is 10.0 Å². The fourth-order valence-corrected chi connectivity index (χ4v) is 5.94. The van der Waals surface area contributed by atoms with Gasteiger partial charge in [0.05, 0.1) is 32.8 Å². The second kappa shape index (κ2) is 11.6. The number of Topliss-reactive ketones (excluding diaryl/α,β-unsaturated/α-hetero) is 1. The Bertz CT molecular complexity index is 1320. The number of benzene rings is 2. The third-order valence-electron chi connectivity index (χ3n) is 6.26. The van der Waals surface area contributed by atoms with Gasteiger partial charge < -0.3 is 19.1 Å². The average molecular weight is 526 g/mol. The number of ether oxygens (including phenoxy) is 3. The number of hydrogen-bond acceptors (Lipinski definition) is 8. The topological polar surface area (TPSA) is 98.3 Å². The molecule has 0 aliphatic carbocycles. The Labute approximate surface area is 217 Å². The molecule has 0 atom stereocenters. The number of anilines is 1. The van der Waals surface area contributed by atoms with E-state index >= 15 is 0 Å². The highest BCUT2D eigenvalue weighted by molar-refractivity contribution is 7.89. The fraction of sp³-hybridized carbons (Fsp3) is 0.333. The van der Waals surface area contributed by atoms with Crippen LogP contribution in [0.2, 0.25) is 0 Å². The van der Waals surface area contributed by atoms with Crippen LogP contribution in [0.25, 0.3) is 0 Å². The van der Waals surface area contributed by atoms with Crippen LogP contribution in [0.5, 0.6) is 17.2 Å². The molecule has 9 nitrogen and oxygen atoms in total. The van der Waals surface area contributed by atoms with Gasteiger partial charge in [0.2, 0.25) is 15.8 Å². The predicted octanol–water partition coefficient (Wildman–Crippen LogP) is 3.78. The van der Waals surface area contributed by atoms with E-state index in [1.807, 2.05) is 29.2 Å². The summed E-state index contributed by atoms with van der Waals surface area (Å²) in [5.41, 5.74) is 1.14. The minimum Gasteiger partial charge on any atom is -0.493 e. The Balaban J connectivity index is 1.63. The number of nitrogens with zero attached hydrogens (tertiary/aromatic N) is 3. The molecular weight excluding hydrogens is 494 g/mol. The Morgan fingerprint density at radius 3 is 2.24 bits per heavy atom. The number of carbonyl (C=O) groups is 1. The lowest BCUT2D eigenvalue weighted by Crippen LogP contribution is -2.31. The first-order valence-electron chi connectivity index (χ1n) is 12.0. The largest absolute Gasteiger partial charge is 0.493 e. The number of pyridine rings is 1. The van der Waals surface area contributed by atoms with Gasteiger partial charge in [-0.2, -0.15) is 4.31 Å². The molecule has 0 spiro atoms. The summed E-state index contributed by atoms with van der Waals surface area (Å²) >= 11 is 0. The van der Waals surface area contributed by atoms with Crippen LogP contribution in [0, 0.1) is 0 Å². The molecule has 0 amide bonds. The average Bonchev–Trinajstić information content (AvgIpc) is 3.49. The van der Waals surface area contributed by atoms with Gasteiger partial charge in [-0.15, -0.1) is 0 Å². The highest BCUT2D eigenvalue weighted by Gasteiger charge is 2.28. The molecule has 1 aromatic heterocycles. The molecule has 3 aromatic rings. The minimum atomic E-state index is -3.63. The zero-order valence-electron chi connectivity index (χ0n) is 21.2. The van der Waals surface area contributed by atoms with Gasteiger partial charge in [0, 0.05) is 31.4 Å². The van der Waals surface area contributed by atoms with Crippen LogP contribution in [0.1, 0.15) is 28.8 Å². The lowest BCUT2D eigenvalue weighted by molar-refractivity contribution is 0.0998. The number of hydrogen-bond donors (Lipinski definition) is 0. The summed E-state index contributed by atoms with van der Waals surface area (Å²) in [4.78, 5) is 19.8. The highest BCUT2D eigenvalue weighted by Crippen LogP contribution is 2.38. The summed E-state index contributed by atoms with van der Waals surface area (Å²) in [5.74, 6) is 1.86. The summed E-state index contributed by atoms with van der Waals surface area (Å²) in [5, 5.41) is 0. The molecule has 196 valence electrons. The molecule has 0 bridgehead atoms. The third kappa shape index (κ3) is 5.86. The Morgan fingerprint density at radius 1 is 0.946 bits per heavy atom. The third-order valence-corrected chi connectivity index (χ3v) is 8.16. The zero-order valence-corrected chi connectivity index (χ0v) is 22.0. The van der Waals surface area contributed by atoms with Gasteiger partial charge in [0.1, 0.15) is 5.82 Å². The molecule has 1 aliphatic heterocycles. The van der Waals surface area contributed by atoms with Crippen LogP contribution >= 0.6 is 0 Å². The summed E-state index contributed by atoms with van der Waals surface area (Å²) < 4.78 is 43.9. The second-order valence-corrected chi connectivity index (χ2v) is 10.6. The van der Waals surface area contributed by atoms with Crippen molar-refractivity contribution < 1.29 is 27.4 Å². The van der Waals surface area contributed by atoms with Gasteiger partial charge in [0.25, 0.3) is 0 Å². The number of methoxy groups -OCH3 is 3. The van der Waals surface area contributed by atoms with E-state index in [0.29, 0.717) is 48.3 Å². The molecule has 37 heavy (non-hydrogen) atoms. The smallest absolute Gasteiger partial charge is 0.243 e. The van der Waals surface area contributed by atoms with Gasteiger partial charge in [-0.25, -0.2) is 13.4 Å². The van der Waals surface area contributed by atoms with E-state index in [2.05, 4.69) is 4.98 Å². The molecule has 1 saturated heterocycles. The predicted molar refractivity (Wildman–Crippen MR) is 140 cm³/mol. The lowest BCUT2D eigenvalue weighted by Gasteiger charge is -2.24. The van der Waals surface area contributed by atoms with E-state index in [-0.39, 0.29) is 17.2 Å². The summed E-state index contributed by atoms with van der Waals surface area (Å²) in [7, 11) is 1.00. The maximum Gasteiger partial charge on any atom is 0.243 e. The van der Waals surface area contributed by atoms with Crippen LogP contribution in [-0.4, -0.2) is 64.5 Å². The van der Waals surface area contributed by atoms with Crippen LogP contribution in [-0.2, 0) is 16.6 Å². The van der Waals surface area contributed by atoms with Crippen molar-refractivity contribution in [2.24, 2.45) is 0 Å². The van der Waals surface area contributed by atoms with Gasteiger partial charge in [0.15, 0.2) is 17.3 Å². The quantitative estimate of drug-likeness (QED) is 0.349. The zero-order chi connectivity index (χ0) is 26.4. The summed E-state index contributed by atoms with van der Waals surface area (Å²) in [6.45, 7) is 1.32. The van der Waals surface area contributed by atoms with Crippen molar-refractivity contribution in [3.63, 3.8) is 0 Å². The molecular formula is C27H31N3O6S. The molecule has 0 N–H and O–H groups in total. The number of rotatable bonds is 11. The van der Waals surface area contributed by atoms with Gasteiger partial charge in [-0.3, -0.25) is 4.79 Å². The van der Waals surface area contributed by atoms with Crippen LogP contribution < -0.4 is 19.1 Å². The first kappa shape index (κ1) is 26.4. The number of ketones is 1. The highest BCUT2D eigenvalue weighted by atomic mass is 32.2. The van der Waals surface area contributed by atoms with Gasteiger partial charge in [-0.05, 0) is 54.8 Å². The molecule has 0 saturated carbocycles. The molecule has 2 aromatic carbocycles. The van der Waals surface area contributed by atoms with Crippen molar-refractivity contribution in [2.75, 3.05) is 45.9 Å². The minimum absolute atomic E-state index is 0.0130. The monoisotopic (exact) mass is 525 g/mol. The molecule has 1 aliphatic rings. The van der Waals surface area contributed by atoms with Crippen LogP contribution in [0.4, 0.5) is 5.82 Å². The lowest BCUT2D eigenvalue weighted by atomic mass is 10.1. The first-order chi connectivity index (χ1) is 17.9. The number of sulfonamides is 1. The van der Waals surface area contributed by atoms with Crippen molar-refractivity contribution in [1.29, 1.82) is 0 Å². The Kier molecular flexibility index (Phi) is 8.30. The maximum atomic E-state index is 13.4. The fourth-order valence-electron chi connectivity index (χ4n) is 4.38. The SMILES string of the molecule is COc1cc(CN(CC(=O)c2cccc(S(=O)(=O)N3CCCC3)c2)c2ccccn2)cc(OC)c1OC. The van der Waals surface area contributed by atoms with Crippen molar-refractivity contribution in [3.8, 4) is 17.2 Å². The summed E-state index contributed by atoms with van der Waals surface area (Å²) in [6, 6.07) is 15.4. The van der Waals surface area contributed by atoms with E-state index in [1.54, 1.807) is 38.6 Å². The summed E-state index contributed by atoms with van der Waals surface area (Å²) in [6.07, 6.45) is 3.35. The van der Waals surface area contributed by atoms with Crippen molar-refractivity contribution in [3.05, 3.63) is 71.9 Å².